The minimum atomic E-state index is -1.05. The lowest BCUT2D eigenvalue weighted by Crippen LogP contribution is -2.19. The zero-order valence-electron chi connectivity index (χ0n) is 9.98. The van der Waals surface area contributed by atoms with Crippen LogP contribution in [0.4, 0.5) is 0 Å². The van der Waals surface area contributed by atoms with Crippen LogP contribution in [0.5, 0.6) is 0 Å². The Bertz CT molecular complexity index is 503. The zero-order chi connectivity index (χ0) is 13.5. The van der Waals surface area contributed by atoms with Crippen LogP contribution in [0.2, 0.25) is 0 Å². The van der Waals surface area contributed by atoms with Crippen molar-refractivity contribution in [2.75, 3.05) is 6.54 Å². The van der Waals surface area contributed by atoms with Crippen LogP contribution < -0.4 is 0 Å². The summed E-state index contributed by atoms with van der Waals surface area (Å²) in [4.78, 5) is 2.57. The van der Waals surface area contributed by atoms with Crippen LogP contribution in [0.25, 0.3) is 10.4 Å². The van der Waals surface area contributed by atoms with Gasteiger partial charge in [-0.2, -0.15) is 5.26 Å². The van der Waals surface area contributed by atoms with Gasteiger partial charge < -0.3 is 10.2 Å². The van der Waals surface area contributed by atoms with E-state index in [0.29, 0.717) is 11.1 Å². The van der Waals surface area contributed by atoms with Crippen molar-refractivity contribution in [2.24, 2.45) is 5.11 Å². The van der Waals surface area contributed by atoms with Gasteiger partial charge in [-0.15, -0.1) is 0 Å². The molecule has 2 N–H and O–H groups in total. The Hall–Kier alpha value is -2.06. The maximum absolute atomic E-state index is 9.91. The number of benzene rings is 1. The second-order valence-electron chi connectivity index (χ2n) is 3.94. The van der Waals surface area contributed by atoms with Gasteiger partial charge in [-0.1, -0.05) is 17.2 Å². The summed E-state index contributed by atoms with van der Waals surface area (Å²) >= 11 is 0. The first-order valence-electron chi connectivity index (χ1n) is 5.47. The molecule has 0 saturated heterocycles. The van der Waals surface area contributed by atoms with Gasteiger partial charge in [0.15, 0.2) is 0 Å². The van der Waals surface area contributed by atoms with Crippen LogP contribution in [-0.2, 0) is 0 Å². The first kappa shape index (κ1) is 14.0. The maximum atomic E-state index is 9.91. The summed E-state index contributed by atoms with van der Waals surface area (Å²) < 4.78 is 0. The van der Waals surface area contributed by atoms with Crippen molar-refractivity contribution >= 4 is 0 Å². The molecule has 0 aromatic heterocycles. The van der Waals surface area contributed by atoms with E-state index in [1.807, 2.05) is 6.07 Å². The second kappa shape index (κ2) is 6.62. The molecule has 0 amide bonds. The molecule has 2 unspecified atom stereocenters. The first-order valence-corrected chi connectivity index (χ1v) is 5.47. The van der Waals surface area contributed by atoms with Crippen molar-refractivity contribution in [1.82, 2.24) is 0 Å². The Kier molecular flexibility index (Phi) is 5.15. The van der Waals surface area contributed by atoms with Crippen molar-refractivity contribution < 1.29 is 10.2 Å². The summed E-state index contributed by atoms with van der Waals surface area (Å²) in [7, 11) is 0. The van der Waals surface area contributed by atoms with Crippen LogP contribution >= 0.6 is 0 Å². The Morgan fingerprint density at radius 2 is 2.22 bits per heavy atom. The monoisotopic (exact) mass is 246 g/mol. The quantitative estimate of drug-likeness (QED) is 0.470. The number of azide groups is 1. The number of hydrogen-bond donors (Lipinski definition) is 2. The third-order valence-electron chi connectivity index (χ3n) is 2.67. The van der Waals surface area contributed by atoms with E-state index < -0.39 is 12.2 Å². The van der Waals surface area contributed by atoms with Crippen molar-refractivity contribution in [3.05, 3.63) is 45.3 Å². The van der Waals surface area contributed by atoms with Gasteiger partial charge in [0.25, 0.3) is 0 Å². The van der Waals surface area contributed by atoms with Crippen molar-refractivity contribution in [3.63, 3.8) is 0 Å². The minimum absolute atomic E-state index is 0.129. The molecule has 0 saturated carbocycles. The molecule has 1 aromatic rings. The minimum Gasteiger partial charge on any atom is -0.390 e. The molecular formula is C12H14N4O2. The number of aryl methyl sites for hydroxylation is 1. The molecule has 94 valence electrons. The number of hydrogen-bond acceptors (Lipinski definition) is 4. The predicted molar refractivity (Wildman–Crippen MR) is 65.5 cm³/mol. The highest BCUT2D eigenvalue weighted by Crippen LogP contribution is 2.21. The van der Waals surface area contributed by atoms with E-state index in [4.69, 9.17) is 10.8 Å². The SMILES string of the molecule is Cc1cc(C(O)C(O)CCN=[N+]=[N-])ccc1C#N. The lowest BCUT2D eigenvalue weighted by Gasteiger charge is -2.18. The van der Waals surface area contributed by atoms with E-state index >= 15 is 0 Å². The molecule has 1 aromatic carbocycles. The summed E-state index contributed by atoms with van der Waals surface area (Å²) in [5.41, 5.74) is 9.94. The number of aliphatic hydroxyl groups excluding tert-OH is 2. The van der Waals surface area contributed by atoms with Crippen LogP contribution in [0, 0.1) is 18.3 Å². The predicted octanol–water partition coefficient (Wildman–Crippen LogP) is 1.96. The molecule has 0 fully saturated rings. The molecule has 0 aliphatic carbocycles. The Morgan fingerprint density at radius 3 is 2.78 bits per heavy atom. The molecule has 0 aliphatic rings. The average Bonchev–Trinajstić information content (AvgIpc) is 2.38. The van der Waals surface area contributed by atoms with Gasteiger partial charge >= 0.3 is 0 Å². The molecule has 0 aliphatic heterocycles. The van der Waals surface area contributed by atoms with Gasteiger partial charge in [-0.3, -0.25) is 0 Å². The Morgan fingerprint density at radius 1 is 1.50 bits per heavy atom. The largest absolute Gasteiger partial charge is 0.390 e. The Balaban J connectivity index is 2.77. The lowest BCUT2D eigenvalue weighted by molar-refractivity contribution is 0.0150. The topological polar surface area (TPSA) is 113 Å². The van der Waals surface area contributed by atoms with Gasteiger partial charge in [-0.05, 0) is 36.1 Å². The Labute approximate surface area is 105 Å². The van der Waals surface area contributed by atoms with Crippen molar-refractivity contribution in [2.45, 2.75) is 25.6 Å². The van der Waals surface area contributed by atoms with E-state index in [9.17, 15) is 10.2 Å². The van der Waals surface area contributed by atoms with Crippen LogP contribution in [-0.4, -0.2) is 22.9 Å². The first-order chi connectivity index (χ1) is 8.60. The van der Waals surface area contributed by atoms with Gasteiger partial charge in [0.1, 0.15) is 6.10 Å². The highest BCUT2D eigenvalue weighted by atomic mass is 16.3. The summed E-state index contributed by atoms with van der Waals surface area (Å²) in [6.07, 6.45) is -1.86. The molecule has 0 spiro atoms. The molecule has 1 rings (SSSR count). The van der Waals surface area contributed by atoms with Crippen molar-refractivity contribution in [3.8, 4) is 6.07 Å². The number of nitriles is 1. The number of rotatable bonds is 5. The second-order valence-corrected chi connectivity index (χ2v) is 3.94. The molecule has 0 heterocycles. The normalized spacial score (nSPS) is 13.2. The van der Waals surface area contributed by atoms with Crippen LogP contribution in [0.3, 0.4) is 0 Å². The molecule has 6 nitrogen and oxygen atoms in total. The highest BCUT2D eigenvalue weighted by Gasteiger charge is 2.18. The van der Waals surface area contributed by atoms with Crippen LogP contribution in [0.15, 0.2) is 23.3 Å². The standard InChI is InChI=1S/C12H14N4O2/c1-8-6-9(2-3-10(8)7-13)12(18)11(17)4-5-15-16-14/h2-3,6,11-12,17-18H,4-5H2,1H3. The van der Waals surface area contributed by atoms with Gasteiger partial charge in [0.05, 0.1) is 17.7 Å². The molecule has 0 bridgehead atoms. The smallest absolute Gasteiger partial charge is 0.105 e. The third kappa shape index (κ3) is 3.47. The summed E-state index contributed by atoms with van der Waals surface area (Å²) in [6, 6.07) is 6.91. The number of aliphatic hydroxyl groups is 2. The fourth-order valence-electron chi connectivity index (χ4n) is 1.61. The van der Waals surface area contributed by atoms with E-state index in [0.717, 1.165) is 5.56 Å². The molecular weight excluding hydrogens is 232 g/mol. The van der Waals surface area contributed by atoms with Crippen molar-refractivity contribution in [1.29, 1.82) is 5.26 Å². The van der Waals surface area contributed by atoms with E-state index in [-0.39, 0.29) is 13.0 Å². The average molecular weight is 246 g/mol. The van der Waals surface area contributed by atoms with E-state index in [1.165, 1.54) is 0 Å². The third-order valence-corrected chi connectivity index (χ3v) is 2.67. The van der Waals surface area contributed by atoms with Gasteiger partial charge in [0, 0.05) is 11.5 Å². The van der Waals surface area contributed by atoms with E-state index in [1.54, 1.807) is 25.1 Å². The fraction of sp³-hybridized carbons (Fsp3) is 0.417. The molecule has 18 heavy (non-hydrogen) atoms. The molecule has 2 atom stereocenters. The molecule has 6 heteroatoms. The summed E-state index contributed by atoms with van der Waals surface area (Å²) in [5.74, 6) is 0. The fourth-order valence-corrected chi connectivity index (χ4v) is 1.61. The molecule has 0 radical (unpaired) electrons. The van der Waals surface area contributed by atoms with Gasteiger partial charge in [-0.25, -0.2) is 0 Å². The highest BCUT2D eigenvalue weighted by molar-refractivity contribution is 5.40. The summed E-state index contributed by atoms with van der Waals surface area (Å²) in [5, 5.41) is 31.7. The number of nitrogens with zero attached hydrogens (tertiary/aromatic N) is 4. The zero-order valence-corrected chi connectivity index (χ0v) is 9.98. The van der Waals surface area contributed by atoms with Gasteiger partial charge in [0.2, 0.25) is 0 Å². The summed E-state index contributed by atoms with van der Waals surface area (Å²) in [6.45, 7) is 1.89. The lowest BCUT2D eigenvalue weighted by atomic mass is 9.98. The maximum Gasteiger partial charge on any atom is 0.105 e. The van der Waals surface area contributed by atoms with E-state index in [2.05, 4.69) is 10.0 Å². The van der Waals surface area contributed by atoms with Crippen LogP contribution in [0.1, 0.15) is 29.2 Å².